The maximum atomic E-state index is 12.2. The molecule has 0 saturated carbocycles. The van der Waals surface area contributed by atoms with Crippen molar-refractivity contribution < 1.29 is 19.4 Å². The van der Waals surface area contributed by atoms with E-state index in [-0.39, 0.29) is 23.8 Å². The summed E-state index contributed by atoms with van der Waals surface area (Å²) in [6.07, 6.45) is 1.44. The molecule has 1 N–H and O–H groups in total. The Morgan fingerprint density at radius 2 is 2.13 bits per heavy atom. The Kier molecular flexibility index (Phi) is 5.92. The summed E-state index contributed by atoms with van der Waals surface area (Å²) in [5.74, 6) is 1.29. The summed E-state index contributed by atoms with van der Waals surface area (Å²) < 4.78 is 12.1. The van der Waals surface area contributed by atoms with Crippen LogP contribution in [0.3, 0.4) is 0 Å². The third-order valence-electron chi connectivity index (χ3n) is 5.48. The zero-order chi connectivity index (χ0) is 21.3. The average molecular weight is 431 g/mol. The molecule has 1 aliphatic heterocycles. The number of methoxy groups -OCH3 is 1. The molecule has 1 atom stereocenters. The molecule has 0 unspecified atom stereocenters. The highest BCUT2D eigenvalue weighted by atomic mass is 32.1. The van der Waals surface area contributed by atoms with Gasteiger partial charge in [0.1, 0.15) is 11.6 Å². The minimum absolute atomic E-state index is 0.0780. The van der Waals surface area contributed by atoms with E-state index in [4.69, 9.17) is 9.47 Å². The highest BCUT2D eigenvalue weighted by Gasteiger charge is 2.34. The Hall–Kier alpha value is -2.65. The van der Waals surface area contributed by atoms with Gasteiger partial charge in [0, 0.05) is 0 Å². The number of ether oxygens (including phenoxy) is 2. The Bertz CT molecular complexity index is 1040. The summed E-state index contributed by atoms with van der Waals surface area (Å²) in [5.41, 5.74) is 1.01. The minimum atomic E-state index is -0.183. The lowest BCUT2D eigenvalue weighted by molar-refractivity contribution is -0.149. The number of rotatable bonds is 6. The van der Waals surface area contributed by atoms with E-state index in [1.165, 1.54) is 15.9 Å². The predicted octanol–water partition coefficient (Wildman–Crippen LogP) is 3.18. The summed E-state index contributed by atoms with van der Waals surface area (Å²) in [4.78, 5) is 20.3. The first-order valence-corrected chi connectivity index (χ1v) is 10.9. The number of thiazole rings is 1. The van der Waals surface area contributed by atoms with Crippen molar-refractivity contribution in [3.8, 4) is 11.6 Å². The number of aryl methyl sites for hydroxylation is 1. The molecule has 160 valence electrons. The Labute approximate surface area is 179 Å². The van der Waals surface area contributed by atoms with Gasteiger partial charge >= 0.3 is 5.97 Å². The summed E-state index contributed by atoms with van der Waals surface area (Å²) in [6.45, 7) is 5.48. The third kappa shape index (κ3) is 3.87. The third-order valence-corrected chi connectivity index (χ3v) is 6.55. The van der Waals surface area contributed by atoms with Crippen molar-refractivity contribution in [3.05, 3.63) is 40.5 Å². The zero-order valence-electron chi connectivity index (χ0n) is 17.4. The number of carbonyl (C=O) groups is 1. The van der Waals surface area contributed by atoms with Gasteiger partial charge in [0.05, 0.1) is 30.6 Å². The molecule has 0 amide bonds. The van der Waals surface area contributed by atoms with Crippen LogP contribution < -0.4 is 4.74 Å². The number of esters is 1. The highest BCUT2D eigenvalue weighted by Crippen LogP contribution is 2.42. The van der Waals surface area contributed by atoms with E-state index in [1.54, 1.807) is 14.0 Å². The molecule has 1 aromatic carbocycles. The van der Waals surface area contributed by atoms with Gasteiger partial charge in [0.15, 0.2) is 0 Å². The van der Waals surface area contributed by atoms with Crippen LogP contribution in [0.15, 0.2) is 24.3 Å². The lowest BCUT2D eigenvalue weighted by atomic mass is 9.93. The van der Waals surface area contributed by atoms with Crippen LogP contribution in [0.1, 0.15) is 42.1 Å². The fourth-order valence-corrected chi connectivity index (χ4v) is 5.18. The summed E-state index contributed by atoms with van der Waals surface area (Å²) >= 11 is 1.44. The highest BCUT2D eigenvalue weighted by molar-refractivity contribution is 7.17. The number of fused-ring (bicyclic) bond motifs is 1. The van der Waals surface area contributed by atoms with E-state index in [2.05, 4.69) is 15.0 Å². The first kappa shape index (κ1) is 20.6. The lowest BCUT2D eigenvalue weighted by Crippen LogP contribution is -2.39. The van der Waals surface area contributed by atoms with Gasteiger partial charge in [-0.3, -0.25) is 9.69 Å². The van der Waals surface area contributed by atoms with Gasteiger partial charge < -0.3 is 14.6 Å². The van der Waals surface area contributed by atoms with Gasteiger partial charge in [-0.15, -0.1) is 5.10 Å². The second-order valence-corrected chi connectivity index (χ2v) is 8.39. The molecular formula is C21H26N4O4S. The van der Waals surface area contributed by atoms with Crippen LogP contribution in [0, 0.1) is 12.8 Å². The number of carbonyl (C=O) groups excluding carboxylic acids is 1. The van der Waals surface area contributed by atoms with Crippen LogP contribution in [0.5, 0.6) is 11.6 Å². The quantitative estimate of drug-likeness (QED) is 0.601. The van der Waals surface area contributed by atoms with Gasteiger partial charge in [-0.05, 0) is 57.5 Å². The molecule has 2 aromatic heterocycles. The molecule has 30 heavy (non-hydrogen) atoms. The summed E-state index contributed by atoms with van der Waals surface area (Å²) in [5, 5.41) is 15.2. The second-order valence-electron chi connectivity index (χ2n) is 7.38. The first-order chi connectivity index (χ1) is 14.5. The van der Waals surface area contributed by atoms with Crippen LogP contribution >= 0.6 is 11.3 Å². The number of aromatic nitrogens is 3. The van der Waals surface area contributed by atoms with Crippen molar-refractivity contribution >= 4 is 22.3 Å². The molecule has 9 heteroatoms. The van der Waals surface area contributed by atoms with Gasteiger partial charge in [-0.1, -0.05) is 23.5 Å². The smallest absolute Gasteiger partial charge is 0.309 e. The SMILES string of the molecule is CCOC(=O)C1CCN([C@@H](c2cccc(OC)c2)c2sc3nc(C)nn3c2O)CC1. The molecule has 1 saturated heterocycles. The average Bonchev–Trinajstić information content (AvgIpc) is 3.26. The number of benzene rings is 1. The minimum Gasteiger partial charge on any atom is -0.497 e. The maximum absolute atomic E-state index is 12.2. The lowest BCUT2D eigenvalue weighted by Gasteiger charge is -2.36. The van der Waals surface area contributed by atoms with Crippen LogP contribution in [0.4, 0.5) is 0 Å². The Balaban J connectivity index is 1.68. The molecule has 1 aliphatic rings. The van der Waals surface area contributed by atoms with E-state index in [1.807, 2.05) is 31.2 Å². The topological polar surface area (TPSA) is 89.2 Å². The van der Waals surface area contributed by atoms with E-state index >= 15 is 0 Å². The van der Waals surface area contributed by atoms with Crippen LogP contribution in [-0.2, 0) is 9.53 Å². The fourth-order valence-electron chi connectivity index (χ4n) is 4.02. The summed E-state index contributed by atoms with van der Waals surface area (Å²) in [7, 11) is 1.64. The molecule has 0 bridgehead atoms. The molecule has 0 spiro atoms. The Morgan fingerprint density at radius 1 is 1.37 bits per heavy atom. The van der Waals surface area contributed by atoms with Crippen LogP contribution in [0.25, 0.3) is 4.96 Å². The normalized spacial score (nSPS) is 16.6. The zero-order valence-corrected chi connectivity index (χ0v) is 18.2. The molecule has 4 rings (SSSR count). The molecule has 0 radical (unpaired) electrons. The molecule has 3 aromatic rings. The number of piperidine rings is 1. The van der Waals surface area contributed by atoms with Crippen molar-refractivity contribution in [3.63, 3.8) is 0 Å². The van der Waals surface area contributed by atoms with Gasteiger partial charge in [0.2, 0.25) is 10.8 Å². The number of likely N-dealkylation sites (tertiary alicyclic amines) is 1. The van der Waals surface area contributed by atoms with Gasteiger partial charge in [-0.2, -0.15) is 4.52 Å². The second kappa shape index (κ2) is 8.61. The van der Waals surface area contributed by atoms with Crippen molar-refractivity contribution in [2.75, 3.05) is 26.8 Å². The van der Waals surface area contributed by atoms with Crippen molar-refractivity contribution in [1.29, 1.82) is 0 Å². The van der Waals surface area contributed by atoms with E-state index < -0.39 is 0 Å². The van der Waals surface area contributed by atoms with E-state index in [0.717, 1.165) is 42.1 Å². The van der Waals surface area contributed by atoms with Crippen LogP contribution in [0.2, 0.25) is 0 Å². The number of hydrogen-bond donors (Lipinski definition) is 1. The standard InChI is InChI=1S/C21H26N4O4S/c1-4-29-20(27)14-8-10-24(11-9-14)17(15-6-5-7-16(12-15)28-3)18-19(26)25-21(30-18)22-13(2)23-25/h5-7,12,14,17,26H,4,8-11H2,1-3H3/t17-/m0/s1. The first-order valence-electron chi connectivity index (χ1n) is 10.1. The largest absolute Gasteiger partial charge is 0.497 e. The van der Waals surface area contributed by atoms with E-state index in [9.17, 15) is 9.90 Å². The van der Waals surface area contributed by atoms with Crippen molar-refractivity contribution in [2.24, 2.45) is 5.92 Å². The number of hydrogen-bond acceptors (Lipinski definition) is 8. The summed E-state index contributed by atoms with van der Waals surface area (Å²) in [6, 6.07) is 7.69. The molecule has 1 fully saturated rings. The maximum Gasteiger partial charge on any atom is 0.309 e. The fraction of sp³-hybridized carbons (Fsp3) is 0.476. The van der Waals surface area contributed by atoms with Gasteiger partial charge in [-0.25, -0.2) is 4.98 Å². The van der Waals surface area contributed by atoms with Gasteiger partial charge in [0.25, 0.3) is 0 Å². The molecule has 8 nitrogen and oxygen atoms in total. The van der Waals surface area contributed by atoms with E-state index in [0.29, 0.717) is 17.4 Å². The Morgan fingerprint density at radius 3 is 2.80 bits per heavy atom. The molecule has 0 aliphatic carbocycles. The predicted molar refractivity (Wildman–Crippen MR) is 113 cm³/mol. The number of aromatic hydroxyl groups is 1. The van der Waals surface area contributed by atoms with Crippen molar-refractivity contribution in [1.82, 2.24) is 19.5 Å². The number of nitrogens with zero attached hydrogens (tertiary/aromatic N) is 4. The molecular weight excluding hydrogens is 404 g/mol. The van der Waals surface area contributed by atoms with Crippen molar-refractivity contribution in [2.45, 2.75) is 32.7 Å². The molecule has 3 heterocycles. The monoisotopic (exact) mass is 430 g/mol. The van der Waals surface area contributed by atoms with Crippen LogP contribution in [-0.4, -0.2) is 57.4 Å².